The molecule has 0 radical (unpaired) electrons. The standard InChI is InChI=1S/C23H27N3O4/c1-17-16-30-21-8-7-19(22(27)25-9-11-29-12-10-25)13-20(21)15-26(17)23(28)24-14-18-5-3-2-4-6-18/h2-8,13,17H,9-12,14-16H2,1H3,(H,24,28)/t17-/m0/s1. The van der Waals surface area contributed by atoms with Gasteiger partial charge in [0.05, 0.1) is 25.8 Å². The second-order valence-electron chi connectivity index (χ2n) is 7.66. The van der Waals surface area contributed by atoms with Gasteiger partial charge < -0.3 is 24.6 Å². The third-order valence-corrected chi connectivity index (χ3v) is 5.51. The lowest BCUT2D eigenvalue weighted by Crippen LogP contribution is -2.45. The zero-order valence-electron chi connectivity index (χ0n) is 17.2. The lowest BCUT2D eigenvalue weighted by molar-refractivity contribution is 0.0303. The van der Waals surface area contributed by atoms with Crippen molar-refractivity contribution in [3.8, 4) is 5.75 Å². The quantitative estimate of drug-likeness (QED) is 0.846. The summed E-state index contributed by atoms with van der Waals surface area (Å²) >= 11 is 0. The molecule has 0 saturated carbocycles. The molecule has 1 atom stereocenters. The average molecular weight is 409 g/mol. The number of ether oxygens (including phenoxy) is 2. The Balaban J connectivity index is 1.48. The highest BCUT2D eigenvalue weighted by Gasteiger charge is 2.27. The summed E-state index contributed by atoms with van der Waals surface area (Å²) in [6.07, 6.45) is 0. The number of hydrogen-bond donors (Lipinski definition) is 1. The first-order valence-electron chi connectivity index (χ1n) is 10.3. The molecule has 2 aromatic carbocycles. The molecule has 0 spiro atoms. The zero-order chi connectivity index (χ0) is 20.9. The van der Waals surface area contributed by atoms with Gasteiger partial charge in [0.25, 0.3) is 5.91 Å². The number of hydrogen-bond acceptors (Lipinski definition) is 4. The van der Waals surface area contributed by atoms with Crippen LogP contribution in [0, 0.1) is 0 Å². The minimum atomic E-state index is -0.146. The van der Waals surface area contributed by atoms with E-state index in [1.165, 1.54) is 0 Å². The molecule has 30 heavy (non-hydrogen) atoms. The second-order valence-corrected chi connectivity index (χ2v) is 7.66. The first-order chi connectivity index (χ1) is 14.6. The molecular weight excluding hydrogens is 382 g/mol. The highest BCUT2D eigenvalue weighted by molar-refractivity contribution is 5.94. The highest BCUT2D eigenvalue weighted by atomic mass is 16.5. The van der Waals surface area contributed by atoms with Crippen molar-refractivity contribution in [3.05, 3.63) is 65.2 Å². The largest absolute Gasteiger partial charge is 0.491 e. The summed E-state index contributed by atoms with van der Waals surface area (Å²) in [4.78, 5) is 29.3. The minimum Gasteiger partial charge on any atom is -0.491 e. The number of nitrogens with one attached hydrogen (secondary N) is 1. The van der Waals surface area contributed by atoms with Gasteiger partial charge in [-0.3, -0.25) is 4.79 Å². The van der Waals surface area contributed by atoms with E-state index < -0.39 is 0 Å². The van der Waals surface area contributed by atoms with E-state index in [1.54, 1.807) is 15.9 Å². The maximum Gasteiger partial charge on any atom is 0.318 e. The molecule has 7 heteroatoms. The Kier molecular flexibility index (Phi) is 6.18. The van der Waals surface area contributed by atoms with Gasteiger partial charge >= 0.3 is 6.03 Å². The Morgan fingerprint density at radius 1 is 1.10 bits per heavy atom. The van der Waals surface area contributed by atoms with Crippen LogP contribution in [0.25, 0.3) is 0 Å². The molecule has 7 nitrogen and oxygen atoms in total. The molecule has 0 unspecified atom stereocenters. The van der Waals surface area contributed by atoms with Crippen molar-refractivity contribution in [1.82, 2.24) is 15.1 Å². The van der Waals surface area contributed by atoms with Crippen molar-refractivity contribution < 1.29 is 19.1 Å². The van der Waals surface area contributed by atoms with Gasteiger partial charge in [-0.15, -0.1) is 0 Å². The molecule has 0 aliphatic carbocycles. The van der Waals surface area contributed by atoms with Gasteiger partial charge in [-0.05, 0) is 30.7 Å². The summed E-state index contributed by atoms with van der Waals surface area (Å²) < 4.78 is 11.3. The number of amides is 3. The van der Waals surface area contributed by atoms with Crippen LogP contribution in [0.3, 0.4) is 0 Å². The third-order valence-electron chi connectivity index (χ3n) is 5.51. The summed E-state index contributed by atoms with van der Waals surface area (Å²) in [5.41, 5.74) is 2.50. The van der Waals surface area contributed by atoms with Crippen molar-refractivity contribution >= 4 is 11.9 Å². The number of rotatable bonds is 3. The molecule has 2 heterocycles. The van der Waals surface area contributed by atoms with Crippen LogP contribution in [0.4, 0.5) is 4.79 Å². The Labute approximate surface area is 176 Å². The van der Waals surface area contributed by atoms with Crippen molar-refractivity contribution in [1.29, 1.82) is 0 Å². The second kappa shape index (κ2) is 9.17. The average Bonchev–Trinajstić information content (AvgIpc) is 2.96. The van der Waals surface area contributed by atoms with E-state index in [0.29, 0.717) is 51.6 Å². The van der Waals surface area contributed by atoms with E-state index >= 15 is 0 Å². The Hall–Kier alpha value is -3.06. The van der Waals surface area contributed by atoms with E-state index in [1.807, 2.05) is 49.4 Å². The molecule has 1 fully saturated rings. The molecule has 0 aromatic heterocycles. The van der Waals surface area contributed by atoms with Gasteiger partial charge in [-0.2, -0.15) is 0 Å². The molecule has 2 aliphatic heterocycles. The topological polar surface area (TPSA) is 71.1 Å². The number of morpholine rings is 1. The number of carbonyl (C=O) groups excluding carboxylic acids is 2. The van der Waals surface area contributed by atoms with Crippen LogP contribution in [0.2, 0.25) is 0 Å². The van der Waals surface area contributed by atoms with Crippen molar-refractivity contribution in [2.75, 3.05) is 32.9 Å². The molecule has 0 bridgehead atoms. The Bertz CT molecular complexity index is 897. The summed E-state index contributed by atoms with van der Waals surface area (Å²) in [6, 6.07) is 15.1. The Morgan fingerprint density at radius 2 is 1.87 bits per heavy atom. The molecule has 4 rings (SSSR count). The van der Waals surface area contributed by atoms with Gasteiger partial charge in [-0.25, -0.2) is 4.79 Å². The first kappa shape index (κ1) is 20.2. The lowest BCUT2D eigenvalue weighted by Gasteiger charge is -2.27. The maximum absolute atomic E-state index is 12.9. The molecule has 2 aromatic rings. The maximum atomic E-state index is 12.9. The van der Waals surface area contributed by atoms with Gasteiger partial charge in [0, 0.05) is 30.8 Å². The minimum absolute atomic E-state index is 0.0153. The van der Waals surface area contributed by atoms with Crippen LogP contribution >= 0.6 is 0 Å². The fraction of sp³-hybridized carbons (Fsp3) is 0.391. The molecule has 1 saturated heterocycles. The third kappa shape index (κ3) is 4.57. The number of carbonyl (C=O) groups is 2. The van der Waals surface area contributed by atoms with Gasteiger partial charge in [0.15, 0.2) is 0 Å². The van der Waals surface area contributed by atoms with Crippen LogP contribution in [0.15, 0.2) is 48.5 Å². The molecule has 3 amide bonds. The van der Waals surface area contributed by atoms with Gasteiger partial charge in [0.2, 0.25) is 0 Å². The molecule has 1 N–H and O–H groups in total. The summed E-state index contributed by atoms with van der Waals surface area (Å²) in [6.45, 7) is 5.54. The molecule has 158 valence electrons. The first-order valence-corrected chi connectivity index (χ1v) is 10.3. The predicted molar refractivity (Wildman–Crippen MR) is 112 cm³/mol. The van der Waals surface area contributed by atoms with Crippen LogP contribution in [0.1, 0.15) is 28.4 Å². The normalized spacial score (nSPS) is 18.8. The van der Waals surface area contributed by atoms with Gasteiger partial charge in [0.1, 0.15) is 12.4 Å². The monoisotopic (exact) mass is 409 g/mol. The van der Waals surface area contributed by atoms with Crippen LogP contribution < -0.4 is 10.1 Å². The summed E-state index contributed by atoms with van der Waals surface area (Å²) in [5, 5.41) is 2.99. The number of nitrogens with zero attached hydrogens (tertiary/aromatic N) is 2. The van der Waals surface area contributed by atoms with E-state index in [0.717, 1.165) is 16.9 Å². The van der Waals surface area contributed by atoms with E-state index in [-0.39, 0.29) is 18.0 Å². The van der Waals surface area contributed by atoms with Crippen molar-refractivity contribution in [2.45, 2.75) is 26.1 Å². The number of urea groups is 1. The van der Waals surface area contributed by atoms with Gasteiger partial charge in [-0.1, -0.05) is 30.3 Å². The SMILES string of the molecule is C[C@H]1COc2ccc(C(=O)N3CCOCC3)cc2CN1C(=O)NCc1ccccc1. The number of benzene rings is 2. The van der Waals surface area contributed by atoms with Crippen molar-refractivity contribution in [3.63, 3.8) is 0 Å². The fourth-order valence-electron chi connectivity index (χ4n) is 3.71. The smallest absolute Gasteiger partial charge is 0.318 e. The summed E-state index contributed by atoms with van der Waals surface area (Å²) in [7, 11) is 0. The van der Waals surface area contributed by atoms with Crippen LogP contribution in [0.5, 0.6) is 5.75 Å². The molecular formula is C23H27N3O4. The van der Waals surface area contributed by atoms with Crippen LogP contribution in [-0.2, 0) is 17.8 Å². The van der Waals surface area contributed by atoms with Crippen molar-refractivity contribution in [2.24, 2.45) is 0 Å². The predicted octanol–water partition coefficient (Wildman–Crippen LogP) is 2.65. The number of fused-ring (bicyclic) bond motifs is 1. The van der Waals surface area contributed by atoms with Crippen LogP contribution in [-0.4, -0.2) is 60.7 Å². The highest BCUT2D eigenvalue weighted by Crippen LogP contribution is 2.27. The van der Waals surface area contributed by atoms with E-state index in [2.05, 4.69) is 5.32 Å². The zero-order valence-corrected chi connectivity index (χ0v) is 17.2. The van der Waals surface area contributed by atoms with E-state index in [4.69, 9.17) is 9.47 Å². The fourth-order valence-corrected chi connectivity index (χ4v) is 3.71. The lowest BCUT2D eigenvalue weighted by atomic mass is 10.1. The molecule has 2 aliphatic rings. The summed E-state index contributed by atoms with van der Waals surface area (Å²) in [5.74, 6) is 0.706. The van der Waals surface area contributed by atoms with E-state index in [9.17, 15) is 9.59 Å². The Morgan fingerprint density at radius 3 is 2.63 bits per heavy atom.